The Morgan fingerprint density at radius 2 is 2.31 bits per heavy atom. The first-order chi connectivity index (χ1) is 7.65. The fourth-order valence-corrected chi connectivity index (χ4v) is 2.83. The van der Waals surface area contributed by atoms with Crippen LogP contribution in [0.2, 0.25) is 5.02 Å². The van der Waals surface area contributed by atoms with E-state index in [9.17, 15) is 0 Å². The van der Waals surface area contributed by atoms with Crippen LogP contribution in [-0.2, 0) is 6.54 Å². The monoisotopic (exact) mass is 301 g/mol. The standard InChI is InChI=1S/C13H17BrClN/c1-10-8-16(6-5-13(10)14)9-11-3-2-4-12(15)7-11/h2-4,7,10,13H,5-6,8-9H2,1H3. The van der Waals surface area contributed by atoms with E-state index in [1.54, 1.807) is 0 Å². The fourth-order valence-electron chi connectivity index (χ4n) is 2.24. The van der Waals surface area contributed by atoms with Crippen LogP contribution in [0.15, 0.2) is 24.3 Å². The number of rotatable bonds is 2. The molecule has 1 heterocycles. The van der Waals surface area contributed by atoms with Gasteiger partial charge in [-0.1, -0.05) is 46.6 Å². The molecule has 0 aromatic heterocycles. The van der Waals surface area contributed by atoms with E-state index in [4.69, 9.17) is 11.6 Å². The second-order valence-electron chi connectivity index (χ2n) is 4.65. The van der Waals surface area contributed by atoms with Crippen LogP contribution in [0.3, 0.4) is 0 Å². The van der Waals surface area contributed by atoms with Gasteiger partial charge in [0, 0.05) is 22.9 Å². The van der Waals surface area contributed by atoms with Gasteiger partial charge in [0.05, 0.1) is 0 Å². The summed E-state index contributed by atoms with van der Waals surface area (Å²) in [5, 5.41) is 0.834. The number of benzene rings is 1. The zero-order chi connectivity index (χ0) is 11.5. The van der Waals surface area contributed by atoms with Gasteiger partial charge in [-0.15, -0.1) is 0 Å². The highest BCUT2D eigenvalue weighted by atomic mass is 79.9. The number of likely N-dealkylation sites (tertiary alicyclic amines) is 1. The molecule has 0 amide bonds. The van der Waals surface area contributed by atoms with Crippen LogP contribution >= 0.6 is 27.5 Å². The van der Waals surface area contributed by atoms with Gasteiger partial charge in [0.1, 0.15) is 0 Å². The Kier molecular flexibility index (Phi) is 4.28. The van der Waals surface area contributed by atoms with Crippen LogP contribution in [0.4, 0.5) is 0 Å². The van der Waals surface area contributed by atoms with Crippen molar-refractivity contribution in [2.45, 2.75) is 24.7 Å². The summed E-state index contributed by atoms with van der Waals surface area (Å²) in [6, 6.07) is 8.17. The van der Waals surface area contributed by atoms with Crippen molar-refractivity contribution in [2.24, 2.45) is 5.92 Å². The summed E-state index contributed by atoms with van der Waals surface area (Å²) in [5.41, 5.74) is 1.31. The number of piperidine rings is 1. The van der Waals surface area contributed by atoms with Crippen molar-refractivity contribution in [2.75, 3.05) is 13.1 Å². The number of alkyl halides is 1. The Hall–Kier alpha value is -0.0500. The molecule has 0 radical (unpaired) electrons. The molecule has 1 nitrogen and oxygen atoms in total. The van der Waals surface area contributed by atoms with E-state index < -0.39 is 0 Å². The predicted molar refractivity (Wildman–Crippen MR) is 73.2 cm³/mol. The minimum absolute atomic E-state index is 0.683. The zero-order valence-corrected chi connectivity index (χ0v) is 11.8. The third kappa shape index (κ3) is 3.22. The highest BCUT2D eigenvalue weighted by Gasteiger charge is 2.23. The maximum atomic E-state index is 5.99. The molecule has 0 aliphatic carbocycles. The number of nitrogens with zero attached hydrogens (tertiary/aromatic N) is 1. The van der Waals surface area contributed by atoms with E-state index in [-0.39, 0.29) is 0 Å². The van der Waals surface area contributed by atoms with Gasteiger partial charge < -0.3 is 0 Å². The molecule has 16 heavy (non-hydrogen) atoms. The van der Waals surface area contributed by atoms with E-state index in [1.165, 1.54) is 25.1 Å². The summed E-state index contributed by atoms with van der Waals surface area (Å²) in [5.74, 6) is 0.730. The fraction of sp³-hybridized carbons (Fsp3) is 0.538. The van der Waals surface area contributed by atoms with Crippen LogP contribution in [-0.4, -0.2) is 22.8 Å². The molecule has 0 spiro atoms. The first-order valence-electron chi connectivity index (χ1n) is 5.76. The van der Waals surface area contributed by atoms with Gasteiger partial charge in [-0.2, -0.15) is 0 Å². The van der Waals surface area contributed by atoms with Crippen molar-refractivity contribution in [3.63, 3.8) is 0 Å². The largest absolute Gasteiger partial charge is 0.299 e. The SMILES string of the molecule is CC1CN(Cc2cccc(Cl)c2)CCC1Br. The van der Waals surface area contributed by atoms with E-state index in [0.717, 1.165) is 17.5 Å². The lowest BCUT2D eigenvalue weighted by Crippen LogP contribution is -2.39. The molecule has 1 saturated heterocycles. The lowest BCUT2D eigenvalue weighted by molar-refractivity contribution is 0.183. The number of halogens is 2. The Morgan fingerprint density at radius 3 is 3.00 bits per heavy atom. The summed E-state index contributed by atoms with van der Waals surface area (Å²) in [6.45, 7) is 5.67. The summed E-state index contributed by atoms with van der Waals surface area (Å²) in [4.78, 5) is 3.19. The summed E-state index contributed by atoms with van der Waals surface area (Å²) < 4.78 is 0. The molecule has 88 valence electrons. The third-order valence-electron chi connectivity index (χ3n) is 3.18. The lowest BCUT2D eigenvalue weighted by atomic mass is 9.99. The van der Waals surface area contributed by atoms with Gasteiger partial charge in [0.2, 0.25) is 0 Å². The van der Waals surface area contributed by atoms with Crippen LogP contribution in [0.5, 0.6) is 0 Å². The molecule has 2 rings (SSSR count). The van der Waals surface area contributed by atoms with Gasteiger partial charge in [0.15, 0.2) is 0 Å². The molecule has 3 heteroatoms. The zero-order valence-electron chi connectivity index (χ0n) is 9.50. The van der Waals surface area contributed by atoms with Gasteiger partial charge in [-0.25, -0.2) is 0 Å². The molecule has 1 aromatic rings. The average Bonchev–Trinajstić information content (AvgIpc) is 2.24. The van der Waals surface area contributed by atoms with Crippen LogP contribution in [0, 0.1) is 5.92 Å². The van der Waals surface area contributed by atoms with Gasteiger partial charge >= 0.3 is 0 Å². The molecule has 1 aliphatic heterocycles. The van der Waals surface area contributed by atoms with Crippen molar-refractivity contribution in [3.8, 4) is 0 Å². The quantitative estimate of drug-likeness (QED) is 0.748. The van der Waals surface area contributed by atoms with Gasteiger partial charge in [-0.05, 0) is 36.6 Å². The summed E-state index contributed by atoms with van der Waals surface area (Å²) >= 11 is 9.72. The lowest BCUT2D eigenvalue weighted by Gasteiger charge is -2.34. The first-order valence-corrected chi connectivity index (χ1v) is 7.05. The second-order valence-corrected chi connectivity index (χ2v) is 6.26. The maximum absolute atomic E-state index is 5.99. The van der Waals surface area contributed by atoms with Crippen molar-refractivity contribution in [3.05, 3.63) is 34.9 Å². The topological polar surface area (TPSA) is 3.24 Å². The third-order valence-corrected chi connectivity index (χ3v) is 4.78. The second kappa shape index (κ2) is 5.52. The Balaban J connectivity index is 1.95. The van der Waals surface area contributed by atoms with Gasteiger partial charge in [-0.3, -0.25) is 4.90 Å². The minimum Gasteiger partial charge on any atom is -0.299 e. The van der Waals surface area contributed by atoms with Crippen molar-refractivity contribution >= 4 is 27.5 Å². The average molecular weight is 303 g/mol. The molecule has 0 saturated carbocycles. The van der Waals surface area contributed by atoms with Crippen LogP contribution in [0.25, 0.3) is 0 Å². The Bertz CT molecular complexity index is 356. The minimum atomic E-state index is 0.683. The number of hydrogen-bond donors (Lipinski definition) is 0. The molecule has 1 aliphatic rings. The molecule has 0 bridgehead atoms. The van der Waals surface area contributed by atoms with E-state index in [0.29, 0.717) is 4.83 Å². The first kappa shape index (κ1) is 12.4. The molecule has 1 fully saturated rings. The van der Waals surface area contributed by atoms with Crippen molar-refractivity contribution < 1.29 is 0 Å². The summed E-state index contributed by atoms with van der Waals surface area (Å²) in [7, 11) is 0. The highest BCUT2D eigenvalue weighted by Crippen LogP contribution is 2.24. The molecule has 2 atom stereocenters. The van der Waals surface area contributed by atoms with E-state index >= 15 is 0 Å². The van der Waals surface area contributed by atoms with E-state index in [1.807, 2.05) is 12.1 Å². The van der Waals surface area contributed by atoms with Gasteiger partial charge in [0.25, 0.3) is 0 Å². The molecule has 1 aromatic carbocycles. The molecular formula is C13H17BrClN. The molecule has 2 unspecified atom stereocenters. The Morgan fingerprint density at radius 1 is 1.50 bits per heavy atom. The van der Waals surface area contributed by atoms with Crippen molar-refractivity contribution in [1.29, 1.82) is 0 Å². The smallest absolute Gasteiger partial charge is 0.0409 e. The molecule has 0 N–H and O–H groups in total. The summed E-state index contributed by atoms with van der Waals surface area (Å²) in [6.07, 6.45) is 1.24. The van der Waals surface area contributed by atoms with E-state index in [2.05, 4.69) is 39.9 Å². The van der Waals surface area contributed by atoms with Crippen LogP contribution < -0.4 is 0 Å². The van der Waals surface area contributed by atoms with Crippen LogP contribution in [0.1, 0.15) is 18.9 Å². The number of hydrogen-bond acceptors (Lipinski definition) is 1. The van der Waals surface area contributed by atoms with Crippen molar-refractivity contribution in [1.82, 2.24) is 4.90 Å². The normalized spacial score (nSPS) is 26.9. The highest BCUT2D eigenvalue weighted by molar-refractivity contribution is 9.09. The predicted octanol–water partition coefficient (Wildman–Crippen LogP) is 3.95. The molecular weight excluding hydrogens is 286 g/mol. The Labute approximate surface area is 111 Å². The maximum Gasteiger partial charge on any atom is 0.0409 e.